The van der Waals surface area contributed by atoms with E-state index in [1.807, 2.05) is 30.8 Å². The monoisotopic (exact) mass is 419 g/mol. The minimum absolute atomic E-state index is 0.0644. The van der Waals surface area contributed by atoms with E-state index in [2.05, 4.69) is 44.9 Å². The fraction of sp³-hybridized carbons (Fsp3) is 0.273. The Morgan fingerprint density at radius 3 is 2.90 bits per heavy atom. The van der Waals surface area contributed by atoms with Crippen molar-refractivity contribution in [3.05, 3.63) is 64.8 Å². The summed E-state index contributed by atoms with van der Waals surface area (Å²) < 4.78 is 8.17. The summed E-state index contributed by atoms with van der Waals surface area (Å²) in [4.78, 5) is 17.3. The average molecular weight is 420 g/mol. The molecule has 1 saturated heterocycles. The maximum absolute atomic E-state index is 12.7. The van der Waals surface area contributed by atoms with Crippen LogP contribution in [0.4, 0.5) is 0 Å². The molecule has 1 atom stereocenters. The molecule has 0 saturated carbocycles. The molecule has 4 heterocycles. The molecule has 30 heavy (non-hydrogen) atoms. The molecule has 1 aromatic carbocycles. The third-order valence-corrected chi connectivity index (χ3v) is 6.21. The molecule has 3 aromatic heterocycles. The number of carbonyl (C=O) groups excluding carboxylic acids is 1. The molecule has 8 heteroatoms. The van der Waals surface area contributed by atoms with E-state index in [4.69, 9.17) is 4.74 Å². The van der Waals surface area contributed by atoms with Crippen LogP contribution in [-0.4, -0.2) is 45.1 Å². The zero-order valence-corrected chi connectivity index (χ0v) is 17.4. The van der Waals surface area contributed by atoms with Gasteiger partial charge in [-0.1, -0.05) is 29.5 Å². The van der Waals surface area contributed by atoms with Crippen molar-refractivity contribution in [2.24, 2.45) is 7.05 Å². The average Bonchev–Trinajstić information content (AvgIpc) is 3.50. The van der Waals surface area contributed by atoms with Gasteiger partial charge in [-0.15, -0.1) is 16.4 Å². The number of hydrogen-bond acceptors (Lipinski definition) is 6. The number of hydrogen-bond donors (Lipinski definition) is 1. The first kappa shape index (κ1) is 18.9. The molecule has 1 aliphatic heterocycles. The van der Waals surface area contributed by atoms with Gasteiger partial charge in [-0.25, -0.2) is 4.98 Å². The van der Waals surface area contributed by atoms with E-state index in [0.717, 1.165) is 39.9 Å². The van der Waals surface area contributed by atoms with E-state index >= 15 is 0 Å². The number of nitrogens with one attached hydrogen (secondary N) is 1. The highest BCUT2D eigenvalue weighted by atomic mass is 32.1. The molecular weight excluding hydrogens is 398 g/mol. The van der Waals surface area contributed by atoms with Crippen molar-refractivity contribution < 1.29 is 9.53 Å². The SMILES string of the molecule is Cn1cc(-c2ccc(Cc3cc(C(=O)N[C@H]4CCOC4)nc4ccsc34)cc2)nn1. The third-order valence-electron chi connectivity index (χ3n) is 5.23. The van der Waals surface area contributed by atoms with E-state index in [1.54, 1.807) is 16.0 Å². The molecule has 0 spiro atoms. The second-order valence-corrected chi connectivity index (χ2v) is 8.40. The standard InChI is InChI=1S/C22H21N5O2S/c1-27-12-20(25-26-27)15-4-2-14(3-5-15)10-16-11-19(24-18-7-9-30-21(16)18)22(28)23-17-6-8-29-13-17/h2-5,7,9,11-12,17H,6,8,10,13H2,1H3,(H,23,28)/t17-/m0/s1. The summed E-state index contributed by atoms with van der Waals surface area (Å²) in [6.45, 7) is 1.26. The first-order valence-corrected chi connectivity index (χ1v) is 10.7. The number of benzene rings is 1. The van der Waals surface area contributed by atoms with Crippen LogP contribution in [-0.2, 0) is 18.2 Å². The zero-order chi connectivity index (χ0) is 20.5. The Morgan fingerprint density at radius 2 is 2.17 bits per heavy atom. The Morgan fingerprint density at radius 1 is 1.30 bits per heavy atom. The van der Waals surface area contributed by atoms with Crippen LogP contribution in [0.5, 0.6) is 0 Å². The quantitative estimate of drug-likeness (QED) is 0.537. The minimum Gasteiger partial charge on any atom is -0.379 e. The summed E-state index contributed by atoms with van der Waals surface area (Å²) in [7, 11) is 1.86. The molecule has 1 fully saturated rings. The Balaban J connectivity index is 1.40. The maximum atomic E-state index is 12.7. The fourth-order valence-electron chi connectivity index (χ4n) is 3.67. The predicted octanol–water partition coefficient (Wildman–Crippen LogP) is 3.20. The summed E-state index contributed by atoms with van der Waals surface area (Å²) >= 11 is 1.65. The summed E-state index contributed by atoms with van der Waals surface area (Å²) in [5.41, 5.74) is 5.47. The summed E-state index contributed by atoms with van der Waals surface area (Å²) in [6, 6.07) is 12.3. The lowest BCUT2D eigenvalue weighted by atomic mass is 10.0. The van der Waals surface area contributed by atoms with E-state index in [9.17, 15) is 4.79 Å². The third kappa shape index (κ3) is 3.83. The molecule has 4 aromatic rings. The largest absolute Gasteiger partial charge is 0.379 e. The summed E-state index contributed by atoms with van der Waals surface area (Å²) in [5.74, 6) is -0.141. The van der Waals surface area contributed by atoms with E-state index in [-0.39, 0.29) is 11.9 Å². The maximum Gasteiger partial charge on any atom is 0.270 e. The van der Waals surface area contributed by atoms with Crippen molar-refractivity contribution in [1.29, 1.82) is 0 Å². The molecule has 7 nitrogen and oxygen atoms in total. The first-order valence-electron chi connectivity index (χ1n) is 9.87. The fourth-order valence-corrected chi connectivity index (χ4v) is 4.52. The highest BCUT2D eigenvalue weighted by Gasteiger charge is 2.20. The number of rotatable bonds is 5. The highest BCUT2D eigenvalue weighted by molar-refractivity contribution is 7.17. The molecule has 1 amide bonds. The molecule has 1 aliphatic rings. The summed E-state index contributed by atoms with van der Waals surface area (Å²) in [5, 5.41) is 13.2. The van der Waals surface area contributed by atoms with Crippen molar-refractivity contribution >= 4 is 27.5 Å². The van der Waals surface area contributed by atoms with Gasteiger partial charge in [-0.05, 0) is 41.5 Å². The number of fused-ring (bicyclic) bond motifs is 1. The van der Waals surface area contributed by atoms with Crippen LogP contribution >= 0.6 is 11.3 Å². The van der Waals surface area contributed by atoms with Crippen molar-refractivity contribution in [2.45, 2.75) is 18.9 Å². The van der Waals surface area contributed by atoms with Crippen LogP contribution in [0.3, 0.4) is 0 Å². The van der Waals surface area contributed by atoms with E-state index in [0.29, 0.717) is 18.9 Å². The van der Waals surface area contributed by atoms with Crippen molar-refractivity contribution in [3.63, 3.8) is 0 Å². The van der Waals surface area contributed by atoms with Gasteiger partial charge in [-0.2, -0.15) is 0 Å². The Labute approximate surface area is 177 Å². The molecular formula is C22H21N5O2S. The van der Waals surface area contributed by atoms with Crippen LogP contribution < -0.4 is 5.32 Å². The van der Waals surface area contributed by atoms with Crippen molar-refractivity contribution in [3.8, 4) is 11.3 Å². The molecule has 0 aliphatic carbocycles. The van der Waals surface area contributed by atoms with E-state index in [1.165, 1.54) is 5.56 Å². The first-order chi connectivity index (χ1) is 14.7. The molecule has 0 bridgehead atoms. The zero-order valence-electron chi connectivity index (χ0n) is 16.5. The van der Waals surface area contributed by atoms with Crippen LogP contribution in [0, 0.1) is 0 Å². The number of pyridine rings is 1. The predicted molar refractivity (Wildman–Crippen MR) is 116 cm³/mol. The lowest BCUT2D eigenvalue weighted by Gasteiger charge is -2.12. The second kappa shape index (κ2) is 7.97. The van der Waals surface area contributed by atoms with Crippen molar-refractivity contribution in [2.75, 3.05) is 13.2 Å². The number of aryl methyl sites for hydroxylation is 1. The van der Waals surface area contributed by atoms with Gasteiger partial charge in [0.15, 0.2) is 0 Å². The second-order valence-electron chi connectivity index (χ2n) is 7.49. The number of carbonyl (C=O) groups is 1. The normalized spacial score (nSPS) is 16.2. The Kier molecular flexibility index (Phi) is 5.02. The molecule has 0 unspecified atom stereocenters. The van der Waals surface area contributed by atoms with Crippen LogP contribution in [0.25, 0.3) is 21.5 Å². The summed E-state index contributed by atoms with van der Waals surface area (Å²) in [6.07, 6.45) is 3.47. The number of amides is 1. The Bertz CT molecular complexity index is 1190. The molecule has 5 rings (SSSR count). The lowest BCUT2D eigenvalue weighted by Crippen LogP contribution is -2.35. The van der Waals surface area contributed by atoms with Crippen LogP contribution in [0.15, 0.2) is 48.0 Å². The van der Waals surface area contributed by atoms with Gasteiger partial charge in [0.2, 0.25) is 0 Å². The number of thiophene rings is 1. The van der Waals surface area contributed by atoms with Gasteiger partial charge in [0.1, 0.15) is 11.4 Å². The molecule has 152 valence electrons. The molecule has 1 N–H and O–H groups in total. The van der Waals surface area contributed by atoms with Crippen molar-refractivity contribution in [1.82, 2.24) is 25.3 Å². The number of ether oxygens (including phenoxy) is 1. The van der Waals surface area contributed by atoms with Crippen LogP contribution in [0.1, 0.15) is 28.0 Å². The topological polar surface area (TPSA) is 81.9 Å². The van der Waals surface area contributed by atoms with Gasteiger partial charge in [0, 0.05) is 19.2 Å². The lowest BCUT2D eigenvalue weighted by molar-refractivity contribution is 0.0925. The van der Waals surface area contributed by atoms with E-state index < -0.39 is 0 Å². The van der Waals surface area contributed by atoms with Gasteiger partial charge < -0.3 is 10.1 Å². The number of nitrogens with zero attached hydrogens (tertiary/aromatic N) is 4. The van der Waals surface area contributed by atoms with Gasteiger partial charge in [-0.3, -0.25) is 9.48 Å². The smallest absolute Gasteiger partial charge is 0.270 e. The molecule has 0 radical (unpaired) electrons. The number of aromatic nitrogens is 4. The van der Waals surface area contributed by atoms with Crippen LogP contribution in [0.2, 0.25) is 0 Å². The highest BCUT2D eigenvalue weighted by Crippen LogP contribution is 2.27. The van der Waals surface area contributed by atoms with Gasteiger partial charge >= 0.3 is 0 Å². The minimum atomic E-state index is -0.141. The van der Waals surface area contributed by atoms with Gasteiger partial charge in [0.05, 0.1) is 29.1 Å². The Hall–Kier alpha value is -3.10. The van der Waals surface area contributed by atoms with Gasteiger partial charge in [0.25, 0.3) is 5.91 Å².